The Balaban J connectivity index is 1.50. The van der Waals surface area contributed by atoms with Crippen molar-refractivity contribution in [2.75, 3.05) is 33.8 Å². The summed E-state index contributed by atoms with van der Waals surface area (Å²) in [4.78, 5) is 22.7. The number of carbonyl (C=O) groups excluding carboxylic acids is 1. The number of nitrogens with one attached hydrogen (secondary N) is 2. The summed E-state index contributed by atoms with van der Waals surface area (Å²) >= 11 is 0. The van der Waals surface area contributed by atoms with Crippen LogP contribution in [-0.4, -0.2) is 61.6 Å². The zero-order valence-corrected chi connectivity index (χ0v) is 19.4. The van der Waals surface area contributed by atoms with Gasteiger partial charge >= 0.3 is 0 Å². The zero-order chi connectivity index (χ0) is 22.9. The van der Waals surface area contributed by atoms with Gasteiger partial charge in [0.05, 0.1) is 13.2 Å². The van der Waals surface area contributed by atoms with Gasteiger partial charge in [-0.15, -0.1) is 0 Å². The summed E-state index contributed by atoms with van der Waals surface area (Å²) in [6.45, 7) is 5.89. The summed E-state index contributed by atoms with van der Waals surface area (Å²) in [5, 5.41) is 6.35. The lowest BCUT2D eigenvalue weighted by Gasteiger charge is -2.19. The largest absolute Gasteiger partial charge is 0.494 e. The van der Waals surface area contributed by atoms with Crippen LogP contribution >= 0.6 is 0 Å². The molecule has 8 nitrogen and oxygen atoms in total. The molecular formula is C24H33N5O3. The Morgan fingerprint density at radius 1 is 1.34 bits per heavy atom. The number of rotatable bonds is 9. The van der Waals surface area contributed by atoms with Gasteiger partial charge in [-0.25, -0.2) is 0 Å². The van der Waals surface area contributed by atoms with Crippen LogP contribution in [0.15, 0.2) is 41.5 Å². The number of amides is 1. The van der Waals surface area contributed by atoms with Gasteiger partial charge < -0.3 is 25.0 Å². The van der Waals surface area contributed by atoms with Crippen LogP contribution in [-0.2, 0) is 24.2 Å². The Bertz CT molecular complexity index is 933. The molecule has 1 aromatic heterocycles. The molecule has 1 amide bonds. The molecule has 2 N–H and O–H groups in total. The van der Waals surface area contributed by atoms with Crippen molar-refractivity contribution >= 4 is 11.9 Å². The molecule has 3 rings (SSSR count). The predicted molar refractivity (Wildman–Crippen MR) is 125 cm³/mol. The molecule has 32 heavy (non-hydrogen) atoms. The molecule has 1 aromatic carbocycles. The maximum atomic E-state index is 12.5. The second-order valence-corrected chi connectivity index (χ2v) is 7.80. The number of aromatic nitrogens is 1. The highest BCUT2D eigenvalue weighted by atomic mass is 16.5. The van der Waals surface area contributed by atoms with Crippen LogP contribution in [0.25, 0.3) is 0 Å². The van der Waals surface area contributed by atoms with Gasteiger partial charge in [-0.3, -0.25) is 14.8 Å². The van der Waals surface area contributed by atoms with Crippen molar-refractivity contribution in [1.82, 2.24) is 20.5 Å². The van der Waals surface area contributed by atoms with Gasteiger partial charge in [0.1, 0.15) is 17.6 Å². The van der Waals surface area contributed by atoms with Crippen molar-refractivity contribution in [3.05, 3.63) is 53.3 Å². The second-order valence-electron chi connectivity index (χ2n) is 7.80. The molecule has 172 valence electrons. The number of pyridine rings is 1. The predicted octanol–water partition coefficient (Wildman–Crippen LogP) is 2.17. The first-order valence-electron chi connectivity index (χ1n) is 11.0. The van der Waals surface area contributed by atoms with Crippen molar-refractivity contribution in [3.63, 3.8) is 0 Å². The van der Waals surface area contributed by atoms with Gasteiger partial charge in [0.2, 0.25) is 5.91 Å². The molecule has 2 heterocycles. The molecular weight excluding hydrogens is 406 g/mol. The fourth-order valence-corrected chi connectivity index (χ4v) is 3.56. The molecule has 0 saturated carbocycles. The van der Waals surface area contributed by atoms with Crippen LogP contribution < -0.4 is 20.1 Å². The highest BCUT2D eigenvalue weighted by molar-refractivity contribution is 5.86. The van der Waals surface area contributed by atoms with Crippen molar-refractivity contribution in [2.24, 2.45) is 4.99 Å². The molecule has 0 aliphatic carbocycles. The van der Waals surface area contributed by atoms with Gasteiger partial charge in [0.15, 0.2) is 5.96 Å². The number of likely N-dealkylation sites (N-methyl/N-ethyl adjacent to an activating group) is 1. The van der Waals surface area contributed by atoms with Gasteiger partial charge in [0, 0.05) is 63.0 Å². The summed E-state index contributed by atoms with van der Waals surface area (Å²) in [5.74, 6) is 2.29. The molecule has 0 saturated heterocycles. The number of hydrogen-bond donors (Lipinski definition) is 2. The van der Waals surface area contributed by atoms with Crippen LogP contribution in [0.5, 0.6) is 11.5 Å². The molecule has 1 atom stereocenters. The monoisotopic (exact) mass is 439 g/mol. The first-order valence-corrected chi connectivity index (χ1v) is 11.0. The highest BCUT2D eigenvalue weighted by Crippen LogP contribution is 2.35. The smallest absolute Gasteiger partial charge is 0.241 e. The Labute approximate surface area is 190 Å². The van der Waals surface area contributed by atoms with E-state index in [9.17, 15) is 4.79 Å². The maximum absolute atomic E-state index is 12.5. The minimum absolute atomic E-state index is 0.0150. The lowest BCUT2D eigenvalue weighted by molar-refractivity contribution is -0.128. The van der Waals surface area contributed by atoms with Crippen LogP contribution in [0.1, 0.15) is 30.7 Å². The van der Waals surface area contributed by atoms with Crippen LogP contribution in [0.3, 0.4) is 0 Å². The number of ether oxygens (including phenoxy) is 2. The third-order valence-corrected chi connectivity index (χ3v) is 5.31. The Morgan fingerprint density at radius 3 is 2.91 bits per heavy atom. The number of hydrogen-bond acceptors (Lipinski definition) is 5. The normalized spacial score (nSPS) is 15.0. The summed E-state index contributed by atoms with van der Waals surface area (Å²) in [6.07, 6.45) is 3.55. The lowest BCUT2D eigenvalue weighted by atomic mass is 10.1. The topological polar surface area (TPSA) is 88.1 Å². The molecule has 1 unspecified atom stereocenters. The second kappa shape index (κ2) is 11.4. The SMILES string of the molecule is CCOc1cc2c(cc1CNC(=NC)NCC(=O)N(C)CCc1ccccn1)OC(C)C2. The first kappa shape index (κ1) is 23.4. The number of benzene rings is 1. The minimum atomic E-state index is -0.0150. The number of fused-ring (bicyclic) bond motifs is 1. The van der Waals surface area contributed by atoms with E-state index in [1.54, 1.807) is 25.2 Å². The minimum Gasteiger partial charge on any atom is -0.494 e. The number of aliphatic imine (C=N–C) groups is 1. The lowest BCUT2D eigenvalue weighted by Crippen LogP contribution is -2.43. The van der Waals surface area contributed by atoms with E-state index in [0.29, 0.717) is 25.7 Å². The Morgan fingerprint density at radius 2 is 2.19 bits per heavy atom. The average molecular weight is 440 g/mol. The van der Waals surface area contributed by atoms with Gasteiger partial charge in [-0.2, -0.15) is 0 Å². The van der Waals surface area contributed by atoms with Crippen LogP contribution in [0, 0.1) is 0 Å². The highest BCUT2D eigenvalue weighted by Gasteiger charge is 2.22. The summed E-state index contributed by atoms with van der Waals surface area (Å²) in [6, 6.07) is 9.89. The van der Waals surface area contributed by atoms with Crippen molar-refractivity contribution in [3.8, 4) is 11.5 Å². The summed E-state index contributed by atoms with van der Waals surface area (Å²) in [5.41, 5.74) is 3.13. The van der Waals surface area contributed by atoms with Gasteiger partial charge in [0.25, 0.3) is 0 Å². The Kier molecular flexibility index (Phi) is 8.30. The summed E-state index contributed by atoms with van der Waals surface area (Å²) < 4.78 is 11.7. The van der Waals surface area contributed by atoms with E-state index in [1.807, 2.05) is 31.2 Å². The zero-order valence-electron chi connectivity index (χ0n) is 19.4. The van der Waals surface area contributed by atoms with E-state index in [0.717, 1.165) is 35.6 Å². The molecule has 1 aliphatic heterocycles. The number of carbonyl (C=O) groups is 1. The van der Waals surface area contributed by atoms with Gasteiger partial charge in [-0.05, 0) is 38.1 Å². The van der Waals surface area contributed by atoms with E-state index in [1.165, 1.54) is 5.56 Å². The van der Waals surface area contributed by atoms with E-state index in [-0.39, 0.29) is 18.6 Å². The van der Waals surface area contributed by atoms with E-state index in [4.69, 9.17) is 9.47 Å². The number of guanidine groups is 1. The molecule has 0 fully saturated rings. The van der Waals surface area contributed by atoms with E-state index >= 15 is 0 Å². The third-order valence-electron chi connectivity index (χ3n) is 5.31. The fourth-order valence-electron chi connectivity index (χ4n) is 3.56. The molecule has 2 aromatic rings. The van der Waals surface area contributed by atoms with Gasteiger partial charge in [-0.1, -0.05) is 6.07 Å². The Hall–Kier alpha value is -3.29. The van der Waals surface area contributed by atoms with Crippen molar-refractivity contribution < 1.29 is 14.3 Å². The standard InChI is InChI=1S/C24H33N5O3/c1-5-31-21-13-18-12-17(2)32-22(18)14-19(21)15-27-24(25-3)28-16-23(30)29(4)11-9-20-8-6-7-10-26-20/h6-8,10,13-14,17H,5,9,11-12,15-16H2,1-4H3,(H2,25,27,28). The number of nitrogens with zero attached hydrogens (tertiary/aromatic N) is 3. The molecule has 8 heteroatoms. The molecule has 1 aliphatic rings. The quantitative estimate of drug-likeness (QED) is 0.460. The summed E-state index contributed by atoms with van der Waals surface area (Å²) in [7, 11) is 3.48. The molecule has 0 bridgehead atoms. The van der Waals surface area contributed by atoms with E-state index < -0.39 is 0 Å². The van der Waals surface area contributed by atoms with E-state index in [2.05, 4.69) is 33.6 Å². The van der Waals surface area contributed by atoms with Crippen LogP contribution in [0.2, 0.25) is 0 Å². The first-order chi connectivity index (χ1) is 15.5. The van der Waals surface area contributed by atoms with Crippen molar-refractivity contribution in [2.45, 2.75) is 39.3 Å². The van der Waals surface area contributed by atoms with Crippen molar-refractivity contribution in [1.29, 1.82) is 0 Å². The maximum Gasteiger partial charge on any atom is 0.241 e. The molecule has 0 radical (unpaired) electrons. The average Bonchev–Trinajstić information content (AvgIpc) is 3.16. The third kappa shape index (κ3) is 6.35. The molecule has 0 spiro atoms. The van der Waals surface area contributed by atoms with Crippen LogP contribution in [0.4, 0.5) is 0 Å². The fraction of sp³-hybridized carbons (Fsp3) is 0.458.